The molecule has 0 N–H and O–H groups in total. The van der Waals surface area contributed by atoms with Gasteiger partial charge in [-0.25, -0.2) is 8.42 Å². The molecule has 0 spiro atoms. The van der Waals surface area contributed by atoms with Crippen molar-refractivity contribution < 1.29 is 93.5 Å². The molecular formula is C35H75F2NaO12SSi2. The number of ether oxygens (including phenoxy) is 5. The van der Waals surface area contributed by atoms with Crippen LogP contribution in [0.5, 0.6) is 0 Å². The van der Waals surface area contributed by atoms with E-state index in [0.717, 1.165) is 25.3 Å². The molecule has 3 atom stereocenters. The SMILES string of the molecule is C.C.CCC(C)(C)C(=O)OCCC[Si](C)(C)O[Si](C)(C)C.CCC(C)C(=O)OC(C)C(F)(F)S(=O)(=O)[O-].CCOCCOCCOC(=O)C(C)CC.[Na+]. The van der Waals surface area contributed by atoms with Crippen molar-refractivity contribution in [3.05, 3.63) is 0 Å². The summed E-state index contributed by atoms with van der Waals surface area (Å²) in [7, 11) is -8.89. The number of esters is 3. The molecule has 0 aliphatic heterocycles. The molecule has 0 amide bonds. The number of carbonyl (C=O) groups is 3. The first kappa shape index (κ1) is 64.4. The minimum absolute atomic E-state index is 0. The number of alkyl halides is 2. The quantitative estimate of drug-likeness (QED) is 0.0448. The Labute approximate surface area is 346 Å². The predicted octanol–water partition coefficient (Wildman–Crippen LogP) is 5.42. The van der Waals surface area contributed by atoms with Crippen LogP contribution in [0.2, 0.25) is 38.8 Å². The van der Waals surface area contributed by atoms with Crippen molar-refractivity contribution >= 4 is 44.7 Å². The molecule has 0 fully saturated rings. The predicted molar refractivity (Wildman–Crippen MR) is 207 cm³/mol. The molecule has 0 rings (SSSR count). The average molecular weight is 837 g/mol. The Balaban J connectivity index is -0.000000153. The molecule has 0 saturated carbocycles. The number of halogens is 2. The third-order valence-corrected chi connectivity index (χ3v) is 14.6. The van der Waals surface area contributed by atoms with E-state index in [-0.39, 0.29) is 67.7 Å². The van der Waals surface area contributed by atoms with Crippen molar-refractivity contribution in [1.29, 1.82) is 0 Å². The maximum Gasteiger partial charge on any atom is 1.00 e. The van der Waals surface area contributed by atoms with E-state index in [9.17, 15) is 36.1 Å². The Kier molecular flexibility index (Phi) is 38.3. The summed E-state index contributed by atoms with van der Waals surface area (Å²) in [5.41, 5.74) is -0.359. The summed E-state index contributed by atoms with van der Waals surface area (Å²) in [6.07, 6.45) is 0.599. The topological polar surface area (TPSA) is 164 Å². The molecule has 0 bridgehead atoms. The summed E-state index contributed by atoms with van der Waals surface area (Å²) in [4.78, 5) is 34.1. The van der Waals surface area contributed by atoms with Gasteiger partial charge in [0.05, 0.1) is 43.7 Å². The molecule has 12 nitrogen and oxygen atoms in total. The summed E-state index contributed by atoms with van der Waals surface area (Å²) in [6.45, 7) is 29.7. The molecule has 0 aromatic rings. The van der Waals surface area contributed by atoms with Gasteiger partial charge in [0.25, 0.3) is 0 Å². The van der Waals surface area contributed by atoms with Gasteiger partial charge < -0.3 is 32.4 Å². The zero-order valence-electron chi connectivity index (χ0n) is 34.1. The maximum atomic E-state index is 12.9. The first-order valence-electron chi connectivity index (χ1n) is 17.4. The largest absolute Gasteiger partial charge is 1.00 e. The van der Waals surface area contributed by atoms with Crippen molar-refractivity contribution in [2.45, 2.75) is 153 Å². The monoisotopic (exact) mass is 836 g/mol. The molecule has 53 heavy (non-hydrogen) atoms. The smallest absolute Gasteiger partial charge is 0.743 e. The molecule has 0 aliphatic rings. The summed E-state index contributed by atoms with van der Waals surface area (Å²) in [6, 6.07) is 1.05. The fourth-order valence-corrected chi connectivity index (χ4v) is 12.0. The molecule has 0 heterocycles. The van der Waals surface area contributed by atoms with E-state index >= 15 is 0 Å². The van der Waals surface area contributed by atoms with Crippen LogP contribution in [0.15, 0.2) is 0 Å². The molecule has 18 heteroatoms. The first-order valence-corrected chi connectivity index (χ1v) is 25.3. The van der Waals surface area contributed by atoms with Crippen LogP contribution in [0.25, 0.3) is 0 Å². The van der Waals surface area contributed by atoms with Crippen LogP contribution in [0.1, 0.15) is 103 Å². The van der Waals surface area contributed by atoms with E-state index in [1.807, 2.05) is 41.5 Å². The van der Waals surface area contributed by atoms with Gasteiger partial charge in [-0.1, -0.05) is 49.5 Å². The summed E-state index contributed by atoms with van der Waals surface area (Å²) in [5, 5.41) is -4.61. The van der Waals surface area contributed by atoms with Crippen molar-refractivity contribution in [3.63, 3.8) is 0 Å². The Morgan fingerprint density at radius 2 is 1.21 bits per heavy atom. The summed E-state index contributed by atoms with van der Waals surface area (Å²) < 4.78 is 87.5. The van der Waals surface area contributed by atoms with Crippen LogP contribution < -0.4 is 29.6 Å². The zero-order valence-corrected chi connectivity index (χ0v) is 38.9. The summed E-state index contributed by atoms with van der Waals surface area (Å²) in [5.74, 6) is -1.84. The Morgan fingerprint density at radius 1 is 0.755 bits per heavy atom. The number of carbonyl (C=O) groups excluding carboxylic acids is 3. The van der Waals surface area contributed by atoms with E-state index in [0.29, 0.717) is 53.0 Å². The van der Waals surface area contributed by atoms with E-state index in [1.54, 1.807) is 6.92 Å². The second kappa shape index (κ2) is 31.6. The second-order valence-corrected chi connectivity index (χ2v) is 24.7. The fraction of sp³-hybridized carbons (Fsp3) is 0.914. The molecule has 0 saturated heterocycles. The van der Waals surface area contributed by atoms with E-state index in [4.69, 9.17) is 23.1 Å². The van der Waals surface area contributed by atoms with Crippen molar-refractivity contribution in [3.8, 4) is 0 Å². The standard InChI is InChI=1S/C14H32O3Si2.C11H22O4.C8H14F2O5S.2CH4.Na/c1-9-14(2,3)13(15)16-11-10-12-19(7,8)17-18(4,5)6;1-4-10(3)11(12)15-9-8-14-7-6-13-5-2;1-4-5(2)7(11)15-6(3)8(9,10)16(12,13)14;;;/h9-12H2,1-8H3;10H,4-9H2,1-3H3;5-6H,4H2,1-3H3,(H,12,13,14);2*1H4;/q;;;;;+1/p-1. The molecule has 316 valence electrons. The normalized spacial score (nSPS) is 13.4. The summed E-state index contributed by atoms with van der Waals surface area (Å²) >= 11 is 0. The van der Waals surface area contributed by atoms with Gasteiger partial charge >= 0.3 is 52.7 Å². The van der Waals surface area contributed by atoms with Gasteiger partial charge in [0.15, 0.2) is 32.9 Å². The molecule has 0 aliphatic carbocycles. The van der Waals surface area contributed by atoms with Crippen LogP contribution in [-0.4, -0.2) is 98.5 Å². The van der Waals surface area contributed by atoms with Gasteiger partial charge in [-0.05, 0) is 92.2 Å². The molecule has 3 unspecified atom stereocenters. The Morgan fingerprint density at radius 3 is 1.62 bits per heavy atom. The second-order valence-electron chi connectivity index (χ2n) is 14.1. The van der Waals surface area contributed by atoms with Crippen LogP contribution in [0.4, 0.5) is 8.78 Å². The van der Waals surface area contributed by atoms with E-state index in [1.165, 1.54) is 6.92 Å². The number of rotatable bonds is 22. The molecular weight excluding hydrogens is 762 g/mol. The maximum absolute atomic E-state index is 12.9. The third kappa shape index (κ3) is 32.3. The molecule has 0 radical (unpaired) electrons. The molecule has 0 aromatic heterocycles. The fourth-order valence-electron chi connectivity index (χ4n) is 3.49. The Bertz CT molecular complexity index is 1080. The zero-order chi connectivity index (χ0) is 40.0. The van der Waals surface area contributed by atoms with Gasteiger partial charge in [-0.2, -0.15) is 8.78 Å². The Hall–Kier alpha value is -0.506. The van der Waals surface area contributed by atoms with Gasteiger partial charge in [-0.15, -0.1) is 0 Å². The number of hydrogen-bond acceptors (Lipinski definition) is 12. The minimum Gasteiger partial charge on any atom is -0.743 e. The van der Waals surface area contributed by atoms with E-state index < -0.39 is 50.0 Å². The van der Waals surface area contributed by atoms with Crippen LogP contribution in [-0.2, 0) is 52.3 Å². The van der Waals surface area contributed by atoms with Crippen molar-refractivity contribution in [2.24, 2.45) is 17.3 Å². The van der Waals surface area contributed by atoms with Crippen molar-refractivity contribution in [2.75, 3.05) is 39.6 Å². The van der Waals surface area contributed by atoms with Crippen molar-refractivity contribution in [1.82, 2.24) is 0 Å². The van der Waals surface area contributed by atoms with Gasteiger partial charge in [0.1, 0.15) is 6.61 Å². The third-order valence-electron chi connectivity index (χ3n) is 7.35. The molecule has 0 aromatic carbocycles. The van der Waals surface area contributed by atoms with Gasteiger partial charge in [0, 0.05) is 6.61 Å². The van der Waals surface area contributed by atoms with Gasteiger partial charge in [-0.3, -0.25) is 14.4 Å². The minimum atomic E-state index is -5.84. The van der Waals surface area contributed by atoms with Gasteiger partial charge in [0.2, 0.25) is 0 Å². The van der Waals surface area contributed by atoms with Crippen LogP contribution >= 0.6 is 0 Å². The first-order chi connectivity index (χ1) is 22.7. The number of hydrogen-bond donors (Lipinski definition) is 0. The van der Waals surface area contributed by atoms with Crippen LogP contribution in [0.3, 0.4) is 0 Å². The van der Waals surface area contributed by atoms with E-state index in [2.05, 4.69) is 37.5 Å². The average Bonchev–Trinajstić information content (AvgIpc) is 3.00. The van der Waals surface area contributed by atoms with Crippen LogP contribution in [0, 0.1) is 17.3 Å².